The van der Waals surface area contributed by atoms with Crippen LogP contribution in [-0.2, 0) is 0 Å². The van der Waals surface area contributed by atoms with E-state index >= 15 is 0 Å². The zero-order valence-corrected chi connectivity index (χ0v) is 10.6. The van der Waals surface area contributed by atoms with Gasteiger partial charge in [-0.2, -0.15) is 0 Å². The minimum atomic E-state index is 0.196. The van der Waals surface area contributed by atoms with Crippen LogP contribution in [0.3, 0.4) is 0 Å². The third-order valence-electron chi connectivity index (χ3n) is 2.13. The second kappa shape index (κ2) is 3.51. The van der Waals surface area contributed by atoms with Crippen LogP contribution in [0.4, 0.5) is 0 Å². The van der Waals surface area contributed by atoms with E-state index in [9.17, 15) is 5.11 Å². The molecule has 2 aromatic rings. The fraction of sp³-hybridized carbons (Fsp3) is 0.100. The van der Waals surface area contributed by atoms with Gasteiger partial charge in [-0.25, -0.2) is 0 Å². The molecular formula is C10H7Br2NO. The maximum atomic E-state index is 9.83. The number of rotatable bonds is 0. The van der Waals surface area contributed by atoms with Crippen molar-refractivity contribution in [1.29, 1.82) is 0 Å². The summed E-state index contributed by atoms with van der Waals surface area (Å²) >= 11 is 6.82. The fourth-order valence-electron chi connectivity index (χ4n) is 1.35. The average molecular weight is 317 g/mol. The van der Waals surface area contributed by atoms with Gasteiger partial charge in [0.05, 0.1) is 4.47 Å². The van der Waals surface area contributed by atoms with Crippen molar-refractivity contribution in [3.05, 3.63) is 32.8 Å². The van der Waals surface area contributed by atoms with Crippen molar-refractivity contribution in [1.82, 2.24) is 4.98 Å². The van der Waals surface area contributed by atoms with E-state index in [4.69, 9.17) is 0 Å². The summed E-state index contributed by atoms with van der Waals surface area (Å²) in [5.41, 5.74) is 1.58. The van der Waals surface area contributed by atoms with E-state index in [1.165, 1.54) is 0 Å². The number of phenols is 1. The highest BCUT2D eigenvalue weighted by Gasteiger charge is 2.13. The maximum absolute atomic E-state index is 9.83. The molecular weight excluding hydrogens is 310 g/mol. The molecule has 4 heteroatoms. The number of hydrogen-bond acceptors (Lipinski definition) is 2. The summed E-state index contributed by atoms with van der Waals surface area (Å²) in [6, 6.07) is 3.77. The largest absolute Gasteiger partial charge is 0.505 e. The lowest BCUT2D eigenvalue weighted by Gasteiger charge is -2.08. The number of aromatic nitrogens is 1. The maximum Gasteiger partial charge on any atom is 0.156 e. The molecule has 14 heavy (non-hydrogen) atoms. The summed E-state index contributed by atoms with van der Waals surface area (Å²) in [6.45, 7) is 1.93. The summed E-state index contributed by atoms with van der Waals surface area (Å²) < 4.78 is 1.65. The molecule has 0 radical (unpaired) electrons. The molecule has 0 fully saturated rings. The van der Waals surface area contributed by atoms with Crippen molar-refractivity contribution in [3.63, 3.8) is 0 Å². The molecule has 1 N–H and O–H groups in total. The van der Waals surface area contributed by atoms with E-state index in [2.05, 4.69) is 36.8 Å². The van der Waals surface area contributed by atoms with Crippen LogP contribution in [0.5, 0.6) is 5.75 Å². The molecule has 0 bridgehead atoms. The van der Waals surface area contributed by atoms with E-state index < -0.39 is 0 Å². The summed E-state index contributed by atoms with van der Waals surface area (Å²) in [6.07, 6.45) is 1.66. The van der Waals surface area contributed by atoms with Crippen LogP contribution in [-0.4, -0.2) is 10.1 Å². The standard InChI is InChI=1S/C10H7Br2NO/c1-5-7(11)6-3-2-4-13-9(6)10(14)8(5)12/h2-4,14H,1H3. The van der Waals surface area contributed by atoms with Gasteiger partial charge in [-0.05, 0) is 56.5 Å². The zero-order valence-electron chi connectivity index (χ0n) is 7.38. The number of phenolic OH excluding ortho intramolecular Hbond substituents is 1. The van der Waals surface area contributed by atoms with Gasteiger partial charge in [-0.1, -0.05) is 0 Å². The molecule has 0 aliphatic carbocycles. The van der Waals surface area contributed by atoms with Crippen molar-refractivity contribution in [2.75, 3.05) is 0 Å². The topological polar surface area (TPSA) is 33.1 Å². The zero-order chi connectivity index (χ0) is 10.3. The molecule has 0 spiro atoms. The van der Waals surface area contributed by atoms with Gasteiger partial charge in [-0.3, -0.25) is 4.98 Å². The summed E-state index contributed by atoms with van der Waals surface area (Å²) in [5.74, 6) is 0.196. The van der Waals surface area contributed by atoms with E-state index in [0.29, 0.717) is 9.99 Å². The number of benzene rings is 1. The van der Waals surface area contributed by atoms with Gasteiger partial charge in [0.25, 0.3) is 0 Å². The Kier molecular flexibility index (Phi) is 2.49. The van der Waals surface area contributed by atoms with E-state index in [1.807, 2.05) is 19.1 Å². The molecule has 0 amide bonds. The van der Waals surface area contributed by atoms with E-state index in [-0.39, 0.29) is 5.75 Å². The molecule has 0 atom stereocenters. The lowest BCUT2D eigenvalue weighted by atomic mass is 10.1. The lowest BCUT2D eigenvalue weighted by Crippen LogP contribution is -1.86. The Morgan fingerprint density at radius 3 is 2.71 bits per heavy atom. The van der Waals surface area contributed by atoms with Crippen LogP contribution >= 0.6 is 31.9 Å². The summed E-state index contributed by atoms with van der Waals surface area (Å²) in [7, 11) is 0. The van der Waals surface area contributed by atoms with Gasteiger partial charge in [0.1, 0.15) is 5.52 Å². The van der Waals surface area contributed by atoms with E-state index in [1.54, 1.807) is 6.20 Å². The van der Waals surface area contributed by atoms with Crippen molar-refractivity contribution >= 4 is 42.8 Å². The van der Waals surface area contributed by atoms with Crippen molar-refractivity contribution in [2.24, 2.45) is 0 Å². The molecule has 1 heterocycles. The Balaban J connectivity index is 3.02. The van der Waals surface area contributed by atoms with Gasteiger partial charge in [-0.15, -0.1) is 0 Å². The molecule has 72 valence electrons. The second-order valence-electron chi connectivity index (χ2n) is 3.00. The first-order valence-corrected chi connectivity index (χ1v) is 5.62. The summed E-state index contributed by atoms with van der Waals surface area (Å²) in [4.78, 5) is 4.13. The Morgan fingerprint density at radius 1 is 1.29 bits per heavy atom. The number of halogens is 2. The van der Waals surface area contributed by atoms with Crippen LogP contribution in [0.2, 0.25) is 0 Å². The van der Waals surface area contributed by atoms with E-state index in [0.717, 1.165) is 15.4 Å². The van der Waals surface area contributed by atoms with Gasteiger partial charge >= 0.3 is 0 Å². The predicted octanol–water partition coefficient (Wildman–Crippen LogP) is 3.77. The normalized spacial score (nSPS) is 10.8. The predicted molar refractivity (Wildman–Crippen MR) is 63.5 cm³/mol. The van der Waals surface area contributed by atoms with Crippen molar-refractivity contribution in [2.45, 2.75) is 6.92 Å². The SMILES string of the molecule is Cc1c(Br)c(O)c2ncccc2c1Br. The molecule has 0 saturated carbocycles. The highest BCUT2D eigenvalue weighted by atomic mass is 79.9. The fourth-order valence-corrected chi connectivity index (χ4v) is 2.52. The first-order chi connectivity index (χ1) is 6.63. The average Bonchev–Trinajstić information content (AvgIpc) is 2.23. The minimum absolute atomic E-state index is 0.196. The third-order valence-corrected chi connectivity index (χ3v) is 4.13. The lowest BCUT2D eigenvalue weighted by molar-refractivity contribution is 0.476. The Labute approximate surface area is 98.2 Å². The Morgan fingerprint density at radius 2 is 2.00 bits per heavy atom. The van der Waals surface area contributed by atoms with Crippen LogP contribution in [0.25, 0.3) is 10.9 Å². The molecule has 1 aromatic heterocycles. The molecule has 2 rings (SSSR count). The molecule has 0 aliphatic rings. The van der Waals surface area contributed by atoms with Gasteiger partial charge in [0.15, 0.2) is 5.75 Å². The number of hydrogen-bond donors (Lipinski definition) is 1. The van der Waals surface area contributed by atoms with Crippen LogP contribution < -0.4 is 0 Å². The number of aromatic hydroxyl groups is 1. The number of fused-ring (bicyclic) bond motifs is 1. The number of nitrogens with zero attached hydrogens (tertiary/aromatic N) is 1. The first kappa shape index (κ1) is 9.93. The quantitative estimate of drug-likeness (QED) is 0.802. The molecule has 0 saturated heterocycles. The van der Waals surface area contributed by atoms with Crippen LogP contribution in [0.15, 0.2) is 27.3 Å². The molecule has 0 unspecified atom stereocenters. The van der Waals surface area contributed by atoms with Crippen LogP contribution in [0.1, 0.15) is 5.56 Å². The summed E-state index contributed by atoms with van der Waals surface area (Å²) in [5, 5.41) is 10.8. The highest BCUT2D eigenvalue weighted by Crippen LogP contribution is 2.39. The van der Waals surface area contributed by atoms with Gasteiger partial charge in [0.2, 0.25) is 0 Å². The minimum Gasteiger partial charge on any atom is -0.505 e. The van der Waals surface area contributed by atoms with Gasteiger partial charge in [0, 0.05) is 16.1 Å². The van der Waals surface area contributed by atoms with Crippen molar-refractivity contribution < 1.29 is 5.11 Å². The van der Waals surface area contributed by atoms with Crippen molar-refractivity contribution in [3.8, 4) is 5.75 Å². The Hall–Kier alpha value is -0.610. The van der Waals surface area contributed by atoms with Gasteiger partial charge < -0.3 is 5.11 Å². The molecule has 1 aromatic carbocycles. The molecule has 2 nitrogen and oxygen atoms in total. The second-order valence-corrected chi connectivity index (χ2v) is 4.59. The van der Waals surface area contributed by atoms with Crippen LogP contribution in [0, 0.1) is 6.92 Å². The third kappa shape index (κ3) is 1.33. The smallest absolute Gasteiger partial charge is 0.156 e. The highest BCUT2D eigenvalue weighted by molar-refractivity contribution is 9.11. The Bertz CT molecular complexity index is 464. The number of pyridine rings is 1. The molecule has 0 aliphatic heterocycles. The monoisotopic (exact) mass is 315 g/mol. The first-order valence-electron chi connectivity index (χ1n) is 4.04.